The SMILES string of the molecule is CC1(C)c2ccccc2-c2c1oc1c3ccccc3n(-c3nc(-c4ccccc4)nc(-c4ccncc4)n3)c21. The van der Waals surface area contributed by atoms with E-state index < -0.39 is 0 Å². The molecule has 4 aromatic heterocycles. The average molecular weight is 506 g/mol. The highest BCUT2D eigenvalue weighted by Gasteiger charge is 2.42. The maximum atomic E-state index is 6.75. The molecular formula is C33H23N5O. The van der Waals surface area contributed by atoms with E-state index in [9.17, 15) is 0 Å². The Morgan fingerprint density at radius 3 is 2.15 bits per heavy atom. The van der Waals surface area contributed by atoms with Crippen LogP contribution in [0.5, 0.6) is 0 Å². The molecule has 0 atom stereocenters. The molecule has 0 amide bonds. The number of hydrogen-bond acceptors (Lipinski definition) is 5. The lowest BCUT2D eigenvalue weighted by Gasteiger charge is -2.18. The minimum atomic E-state index is -0.257. The molecule has 6 heteroatoms. The third-order valence-corrected chi connectivity index (χ3v) is 7.73. The molecule has 186 valence electrons. The van der Waals surface area contributed by atoms with Gasteiger partial charge < -0.3 is 4.42 Å². The molecule has 0 radical (unpaired) electrons. The van der Waals surface area contributed by atoms with Crippen molar-refractivity contribution in [2.45, 2.75) is 19.3 Å². The number of benzene rings is 3. The summed E-state index contributed by atoms with van der Waals surface area (Å²) in [7, 11) is 0. The first kappa shape index (κ1) is 21.9. The summed E-state index contributed by atoms with van der Waals surface area (Å²) in [6.07, 6.45) is 3.51. The predicted octanol–water partition coefficient (Wildman–Crippen LogP) is 7.60. The van der Waals surface area contributed by atoms with Crippen molar-refractivity contribution in [3.05, 3.63) is 115 Å². The first-order chi connectivity index (χ1) is 19.1. The normalized spacial score (nSPS) is 13.6. The van der Waals surface area contributed by atoms with Gasteiger partial charge >= 0.3 is 0 Å². The van der Waals surface area contributed by atoms with E-state index in [2.05, 4.69) is 59.8 Å². The molecule has 4 heterocycles. The Bertz CT molecular complexity index is 1980. The fraction of sp³-hybridized carbons (Fsp3) is 0.0909. The minimum absolute atomic E-state index is 0.257. The van der Waals surface area contributed by atoms with Crippen molar-refractivity contribution >= 4 is 22.0 Å². The van der Waals surface area contributed by atoms with Crippen LogP contribution in [0.4, 0.5) is 0 Å². The molecule has 6 nitrogen and oxygen atoms in total. The minimum Gasteiger partial charge on any atom is -0.457 e. The fourth-order valence-corrected chi connectivity index (χ4v) is 5.88. The van der Waals surface area contributed by atoms with Crippen molar-refractivity contribution in [1.82, 2.24) is 24.5 Å². The van der Waals surface area contributed by atoms with E-state index >= 15 is 0 Å². The Kier molecular flexibility index (Phi) is 4.47. The summed E-state index contributed by atoms with van der Waals surface area (Å²) in [5.41, 5.74) is 7.92. The molecule has 1 aliphatic rings. The molecule has 0 N–H and O–H groups in total. The van der Waals surface area contributed by atoms with Gasteiger partial charge in [-0.1, -0.05) is 66.7 Å². The van der Waals surface area contributed by atoms with E-state index in [1.807, 2.05) is 54.6 Å². The number of furan rings is 1. The van der Waals surface area contributed by atoms with E-state index in [1.54, 1.807) is 12.4 Å². The monoisotopic (exact) mass is 505 g/mol. The first-order valence-corrected chi connectivity index (χ1v) is 13.0. The van der Waals surface area contributed by atoms with Crippen LogP contribution in [0.2, 0.25) is 0 Å². The van der Waals surface area contributed by atoms with Crippen LogP contribution in [-0.2, 0) is 5.41 Å². The first-order valence-electron chi connectivity index (χ1n) is 13.0. The lowest BCUT2D eigenvalue weighted by Crippen LogP contribution is -2.14. The lowest BCUT2D eigenvalue weighted by molar-refractivity contribution is 0.466. The molecule has 0 spiro atoms. The molecule has 8 rings (SSSR count). The van der Waals surface area contributed by atoms with Crippen LogP contribution in [0.3, 0.4) is 0 Å². The topological polar surface area (TPSA) is 69.6 Å². The van der Waals surface area contributed by atoms with Gasteiger partial charge in [0.25, 0.3) is 0 Å². The van der Waals surface area contributed by atoms with Crippen LogP contribution < -0.4 is 0 Å². The van der Waals surface area contributed by atoms with E-state index in [-0.39, 0.29) is 5.41 Å². The third-order valence-electron chi connectivity index (χ3n) is 7.73. The molecular weight excluding hydrogens is 482 g/mol. The van der Waals surface area contributed by atoms with Crippen LogP contribution in [-0.4, -0.2) is 24.5 Å². The van der Waals surface area contributed by atoms with E-state index in [1.165, 1.54) is 11.1 Å². The van der Waals surface area contributed by atoms with Crippen molar-refractivity contribution in [2.24, 2.45) is 0 Å². The van der Waals surface area contributed by atoms with Gasteiger partial charge in [-0.2, -0.15) is 9.97 Å². The second-order valence-corrected chi connectivity index (χ2v) is 10.4. The second kappa shape index (κ2) is 7.95. The number of fused-ring (bicyclic) bond motifs is 7. The summed E-state index contributed by atoms with van der Waals surface area (Å²) >= 11 is 0. The number of aromatic nitrogens is 5. The lowest BCUT2D eigenvalue weighted by atomic mass is 9.86. The smallest absolute Gasteiger partial charge is 0.238 e. The number of nitrogens with zero attached hydrogens (tertiary/aromatic N) is 5. The van der Waals surface area contributed by atoms with Crippen LogP contribution in [0.25, 0.3) is 61.9 Å². The highest BCUT2D eigenvalue weighted by molar-refractivity contribution is 6.13. The van der Waals surface area contributed by atoms with Gasteiger partial charge in [0.15, 0.2) is 17.2 Å². The van der Waals surface area contributed by atoms with E-state index in [0.29, 0.717) is 17.6 Å². The Morgan fingerprint density at radius 2 is 1.36 bits per heavy atom. The molecule has 0 saturated carbocycles. The standard InChI is InChI=1S/C33H23N5O/c1-33(2)24-14-8-6-12-22(24)26-27-28(39-29(26)33)23-13-7-9-15-25(23)38(27)32-36-30(20-10-4-3-5-11-20)35-31(37-32)21-16-18-34-19-17-21/h3-19H,1-2H3. The summed E-state index contributed by atoms with van der Waals surface area (Å²) in [6, 6.07) is 30.7. The Balaban J connectivity index is 1.50. The molecule has 1 aliphatic carbocycles. The van der Waals surface area contributed by atoms with Gasteiger partial charge in [0.2, 0.25) is 5.95 Å². The van der Waals surface area contributed by atoms with Crippen molar-refractivity contribution in [3.8, 4) is 39.9 Å². The molecule has 3 aromatic carbocycles. The van der Waals surface area contributed by atoms with Gasteiger partial charge in [-0.25, -0.2) is 4.98 Å². The zero-order valence-corrected chi connectivity index (χ0v) is 21.5. The number of para-hydroxylation sites is 1. The molecule has 7 aromatic rings. The Labute approximate surface area is 224 Å². The Morgan fingerprint density at radius 1 is 0.692 bits per heavy atom. The molecule has 0 fully saturated rings. The maximum Gasteiger partial charge on any atom is 0.238 e. The van der Waals surface area contributed by atoms with Crippen LogP contribution >= 0.6 is 0 Å². The second-order valence-electron chi connectivity index (χ2n) is 10.4. The van der Waals surface area contributed by atoms with Gasteiger partial charge in [0.1, 0.15) is 11.3 Å². The fourth-order valence-electron chi connectivity index (χ4n) is 5.88. The molecule has 0 unspecified atom stereocenters. The maximum absolute atomic E-state index is 6.75. The summed E-state index contributed by atoms with van der Waals surface area (Å²) in [4.78, 5) is 19.2. The summed E-state index contributed by atoms with van der Waals surface area (Å²) in [5.74, 6) is 2.72. The van der Waals surface area contributed by atoms with Crippen molar-refractivity contribution < 1.29 is 4.42 Å². The third kappa shape index (κ3) is 3.09. The van der Waals surface area contributed by atoms with Gasteiger partial charge in [0, 0.05) is 39.9 Å². The zero-order valence-electron chi connectivity index (χ0n) is 21.5. The highest BCUT2D eigenvalue weighted by Crippen LogP contribution is 2.54. The van der Waals surface area contributed by atoms with Crippen molar-refractivity contribution in [3.63, 3.8) is 0 Å². The van der Waals surface area contributed by atoms with Gasteiger partial charge in [-0.05, 0) is 49.2 Å². The number of pyridine rings is 1. The van der Waals surface area contributed by atoms with Gasteiger partial charge in [-0.3, -0.25) is 9.55 Å². The van der Waals surface area contributed by atoms with Crippen molar-refractivity contribution in [1.29, 1.82) is 0 Å². The van der Waals surface area contributed by atoms with Crippen LogP contribution in [0.1, 0.15) is 25.2 Å². The van der Waals surface area contributed by atoms with E-state index in [4.69, 9.17) is 19.4 Å². The zero-order chi connectivity index (χ0) is 26.1. The predicted molar refractivity (Wildman–Crippen MR) is 153 cm³/mol. The van der Waals surface area contributed by atoms with Gasteiger partial charge in [0.05, 0.1) is 5.52 Å². The van der Waals surface area contributed by atoms with Crippen LogP contribution in [0, 0.1) is 0 Å². The summed E-state index contributed by atoms with van der Waals surface area (Å²) < 4.78 is 8.90. The number of rotatable bonds is 3. The molecule has 0 saturated heterocycles. The molecule has 0 aliphatic heterocycles. The number of hydrogen-bond donors (Lipinski definition) is 0. The van der Waals surface area contributed by atoms with Crippen molar-refractivity contribution in [2.75, 3.05) is 0 Å². The van der Waals surface area contributed by atoms with E-state index in [0.717, 1.165) is 44.5 Å². The van der Waals surface area contributed by atoms with Gasteiger partial charge in [-0.15, -0.1) is 0 Å². The largest absolute Gasteiger partial charge is 0.457 e. The summed E-state index contributed by atoms with van der Waals surface area (Å²) in [5, 5.41) is 1.03. The highest BCUT2D eigenvalue weighted by atomic mass is 16.3. The molecule has 39 heavy (non-hydrogen) atoms. The Hall–Kier alpha value is -5.10. The molecule has 0 bridgehead atoms. The average Bonchev–Trinajstić information content (AvgIpc) is 3.60. The van der Waals surface area contributed by atoms with Crippen LogP contribution in [0.15, 0.2) is 108 Å². The quantitative estimate of drug-likeness (QED) is 0.247. The summed E-state index contributed by atoms with van der Waals surface area (Å²) in [6.45, 7) is 4.45.